The van der Waals surface area contributed by atoms with E-state index >= 15 is 0 Å². The third-order valence-corrected chi connectivity index (χ3v) is 6.72. The summed E-state index contributed by atoms with van der Waals surface area (Å²) in [4.78, 5) is 47.7. The van der Waals surface area contributed by atoms with Gasteiger partial charge in [-0.15, -0.1) is 13.2 Å². The number of amides is 4. The number of carbonyl (C=O) groups excluding carboxylic acids is 3. The van der Waals surface area contributed by atoms with Crippen LogP contribution in [-0.4, -0.2) is 66.1 Å². The largest absolute Gasteiger partial charge is 0.573 e. The molecule has 1 saturated carbocycles. The van der Waals surface area contributed by atoms with E-state index in [4.69, 9.17) is 4.74 Å². The topological polar surface area (TPSA) is 104 Å². The lowest BCUT2D eigenvalue weighted by atomic mass is 10.1. The van der Waals surface area contributed by atoms with E-state index in [1.807, 2.05) is 20.8 Å². The fraction of sp³-hybridized carbons (Fsp3) is 0.440. The van der Waals surface area contributed by atoms with Gasteiger partial charge in [-0.2, -0.15) is 0 Å². The van der Waals surface area contributed by atoms with Crippen LogP contribution in [0.15, 0.2) is 42.6 Å². The Morgan fingerprint density at radius 1 is 1.16 bits per heavy atom. The van der Waals surface area contributed by atoms with Crippen LogP contribution in [0, 0.1) is 5.92 Å². The molecule has 204 valence electrons. The van der Waals surface area contributed by atoms with E-state index in [-0.39, 0.29) is 24.0 Å². The molecule has 1 aromatic carbocycles. The first kappa shape index (κ1) is 27.2. The number of alkyl halides is 3. The quantitative estimate of drug-likeness (QED) is 0.467. The summed E-state index contributed by atoms with van der Waals surface area (Å²) < 4.78 is 46.6. The first-order valence-electron chi connectivity index (χ1n) is 12.2. The molecule has 4 amide bonds. The Morgan fingerprint density at radius 2 is 1.82 bits per heavy atom. The first-order valence-corrected chi connectivity index (χ1v) is 12.2. The van der Waals surface area contributed by atoms with E-state index in [9.17, 15) is 27.6 Å². The highest BCUT2D eigenvalue weighted by molar-refractivity contribution is 6.32. The highest BCUT2D eigenvalue weighted by Gasteiger charge is 2.70. The predicted molar refractivity (Wildman–Crippen MR) is 132 cm³/mol. The number of hydrogen-bond acceptors (Lipinski definition) is 7. The molecule has 2 unspecified atom stereocenters. The van der Waals surface area contributed by atoms with Gasteiger partial charge in [0.1, 0.15) is 23.7 Å². The Bertz CT molecular complexity index is 1200. The molecular formula is C25H28F3N5O5. The normalized spacial score (nSPS) is 20.9. The van der Waals surface area contributed by atoms with E-state index in [2.05, 4.69) is 19.9 Å². The number of likely N-dealkylation sites (N-methyl/N-ethyl adjacent to an activating group) is 1. The minimum atomic E-state index is -4.87. The Labute approximate surface area is 217 Å². The van der Waals surface area contributed by atoms with Crippen LogP contribution in [0.5, 0.6) is 5.75 Å². The molecule has 1 aromatic heterocycles. The zero-order valence-corrected chi connectivity index (χ0v) is 21.1. The van der Waals surface area contributed by atoms with Crippen molar-refractivity contribution >= 4 is 35.2 Å². The smallest absolute Gasteiger partial charge is 0.448 e. The maximum absolute atomic E-state index is 13.5. The number of pyridine rings is 1. The van der Waals surface area contributed by atoms with Crippen LogP contribution >= 0.6 is 0 Å². The maximum Gasteiger partial charge on any atom is 0.573 e. The molecule has 13 heteroatoms. The van der Waals surface area contributed by atoms with Crippen LogP contribution in [0.25, 0.3) is 0 Å². The molecule has 1 saturated heterocycles. The average molecular weight is 536 g/mol. The Morgan fingerprint density at radius 3 is 2.39 bits per heavy atom. The second kappa shape index (κ2) is 10.5. The molecule has 1 spiro atoms. The zero-order chi connectivity index (χ0) is 27.7. The van der Waals surface area contributed by atoms with E-state index in [1.165, 1.54) is 29.3 Å². The number of ether oxygens (including phenoxy) is 2. The van der Waals surface area contributed by atoms with Gasteiger partial charge in [-0.25, -0.2) is 19.5 Å². The standard InChI is InChI=1S/C25H28F3N5O5/c1-4-31(5-2)12-13-37-22(35)30-20-14-18(10-11-29-20)33-23(36)32(21(34)24(33)15-16(24)3)17-6-8-19(9-7-17)38-25(26,27)28/h6-11,14,16H,4-5,12-13,15H2,1-3H3,(H,29,30,35). The monoisotopic (exact) mass is 535 g/mol. The molecule has 2 heterocycles. The van der Waals surface area contributed by atoms with E-state index in [0.717, 1.165) is 30.1 Å². The highest BCUT2D eigenvalue weighted by atomic mass is 19.4. The van der Waals surface area contributed by atoms with Crippen molar-refractivity contribution in [1.82, 2.24) is 9.88 Å². The van der Waals surface area contributed by atoms with Crippen LogP contribution in [-0.2, 0) is 9.53 Å². The van der Waals surface area contributed by atoms with Gasteiger partial charge < -0.3 is 14.4 Å². The molecule has 1 aliphatic heterocycles. The predicted octanol–water partition coefficient (Wildman–Crippen LogP) is 4.62. The second-order valence-electron chi connectivity index (χ2n) is 9.02. The van der Waals surface area contributed by atoms with Gasteiger partial charge in [-0.1, -0.05) is 20.8 Å². The van der Waals surface area contributed by atoms with Gasteiger partial charge in [0.25, 0.3) is 5.91 Å². The minimum absolute atomic E-state index is 0.111. The van der Waals surface area contributed by atoms with Gasteiger partial charge in [0.15, 0.2) is 0 Å². The van der Waals surface area contributed by atoms with Gasteiger partial charge in [-0.05, 0) is 55.8 Å². The Kier molecular flexibility index (Phi) is 7.49. The number of anilines is 3. The molecule has 4 rings (SSSR count). The van der Waals surface area contributed by atoms with Gasteiger partial charge in [0, 0.05) is 18.8 Å². The average Bonchev–Trinajstić information content (AvgIpc) is 3.47. The number of benzene rings is 1. The number of imide groups is 1. The molecule has 2 fully saturated rings. The van der Waals surface area contributed by atoms with Crippen LogP contribution in [0.1, 0.15) is 27.2 Å². The van der Waals surface area contributed by atoms with Crippen molar-refractivity contribution in [2.24, 2.45) is 5.92 Å². The molecular weight excluding hydrogens is 507 g/mol. The third kappa shape index (κ3) is 5.37. The Hall–Kier alpha value is -3.87. The van der Waals surface area contributed by atoms with E-state index in [0.29, 0.717) is 18.7 Å². The van der Waals surface area contributed by atoms with Crippen LogP contribution in [0.3, 0.4) is 0 Å². The Balaban J connectivity index is 1.51. The highest BCUT2D eigenvalue weighted by Crippen LogP contribution is 2.55. The summed E-state index contributed by atoms with van der Waals surface area (Å²) >= 11 is 0. The number of rotatable bonds is 9. The molecule has 10 nitrogen and oxygen atoms in total. The van der Waals surface area contributed by atoms with Crippen molar-refractivity contribution < 1.29 is 37.0 Å². The molecule has 1 N–H and O–H groups in total. The third-order valence-electron chi connectivity index (χ3n) is 6.72. The van der Waals surface area contributed by atoms with Crippen molar-refractivity contribution in [1.29, 1.82) is 0 Å². The minimum Gasteiger partial charge on any atom is -0.448 e. The van der Waals surface area contributed by atoms with Gasteiger partial charge in [-0.3, -0.25) is 15.0 Å². The van der Waals surface area contributed by atoms with E-state index < -0.39 is 35.7 Å². The van der Waals surface area contributed by atoms with Crippen molar-refractivity contribution in [3.8, 4) is 5.75 Å². The number of nitrogens with one attached hydrogen (secondary N) is 1. The fourth-order valence-corrected chi connectivity index (χ4v) is 4.60. The summed E-state index contributed by atoms with van der Waals surface area (Å²) in [5.41, 5.74) is -0.693. The summed E-state index contributed by atoms with van der Waals surface area (Å²) in [6.45, 7) is 8.28. The summed E-state index contributed by atoms with van der Waals surface area (Å²) in [6, 6.07) is 6.85. The molecule has 2 atom stereocenters. The van der Waals surface area contributed by atoms with Gasteiger partial charge in [0.2, 0.25) is 0 Å². The van der Waals surface area contributed by atoms with Crippen molar-refractivity contribution in [2.75, 3.05) is 41.4 Å². The molecule has 2 aromatic rings. The summed E-state index contributed by atoms with van der Waals surface area (Å²) in [6.07, 6.45) is -3.77. The molecule has 0 bridgehead atoms. The lowest BCUT2D eigenvalue weighted by molar-refractivity contribution is -0.274. The summed E-state index contributed by atoms with van der Waals surface area (Å²) in [5, 5.41) is 2.54. The zero-order valence-electron chi connectivity index (χ0n) is 21.1. The van der Waals surface area contributed by atoms with Gasteiger partial charge in [0.05, 0.1) is 11.4 Å². The molecule has 1 aliphatic carbocycles. The van der Waals surface area contributed by atoms with Crippen LogP contribution in [0.4, 0.5) is 40.0 Å². The fourth-order valence-electron chi connectivity index (χ4n) is 4.60. The molecule has 2 aliphatic rings. The lowest BCUT2D eigenvalue weighted by Crippen LogP contribution is -2.39. The van der Waals surface area contributed by atoms with Gasteiger partial charge >= 0.3 is 18.5 Å². The maximum atomic E-state index is 13.5. The SMILES string of the molecule is CCN(CC)CCOC(=O)Nc1cc(N2C(=O)N(c3ccc(OC(F)(F)F)cc3)C(=O)C23CC3C)ccn1. The number of urea groups is 1. The number of halogens is 3. The van der Waals surface area contributed by atoms with Crippen molar-refractivity contribution in [3.05, 3.63) is 42.6 Å². The summed E-state index contributed by atoms with van der Waals surface area (Å²) in [7, 11) is 0. The second-order valence-corrected chi connectivity index (χ2v) is 9.02. The summed E-state index contributed by atoms with van der Waals surface area (Å²) in [5.74, 6) is -0.986. The number of carbonyl (C=O) groups is 3. The van der Waals surface area contributed by atoms with Crippen LogP contribution in [0.2, 0.25) is 0 Å². The number of nitrogens with zero attached hydrogens (tertiary/aromatic N) is 4. The number of hydrogen-bond donors (Lipinski definition) is 1. The molecule has 38 heavy (non-hydrogen) atoms. The molecule has 0 radical (unpaired) electrons. The first-order chi connectivity index (χ1) is 18.0. The van der Waals surface area contributed by atoms with Crippen molar-refractivity contribution in [3.63, 3.8) is 0 Å². The van der Waals surface area contributed by atoms with Crippen LogP contribution < -0.4 is 19.9 Å². The lowest BCUT2D eigenvalue weighted by Gasteiger charge is -2.22. The van der Waals surface area contributed by atoms with E-state index in [1.54, 1.807) is 6.07 Å². The number of aromatic nitrogens is 1. The van der Waals surface area contributed by atoms with Crippen molar-refractivity contribution in [2.45, 2.75) is 39.1 Å².